The van der Waals surface area contributed by atoms with E-state index in [1.165, 1.54) is 103 Å². The van der Waals surface area contributed by atoms with Crippen LogP contribution >= 0.6 is 0 Å². The predicted octanol–water partition coefficient (Wildman–Crippen LogP) is 15.8. The number of ether oxygens (including phenoxy) is 1. The first-order valence-electron chi connectivity index (χ1n) is 26.2. The van der Waals surface area contributed by atoms with Crippen LogP contribution in [0.5, 0.6) is 0 Å². The van der Waals surface area contributed by atoms with E-state index in [-0.39, 0.29) is 24.9 Å². The summed E-state index contributed by atoms with van der Waals surface area (Å²) in [7, 11) is 0. The third-order valence-corrected chi connectivity index (χ3v) is 11.6. The number of aliphatic hydroxyl groups is 2. The van der Waals surface area contributed by atoms with E-state index in [2.05, 4.69) is 99.0 Å². The summed E-state index contributed by atoms with van der Waals surface area (Å²) < 4.78 is 5.92. The number of hydrogen-bond acceptors (Lipinski definition) is 5. The Morgan fingerprint density at radius 3 is 1.40 bits per heavy atom. The third-order valence-electron chi connectivity index (χ3n) is 11.6. The van der Waals surface area contributed by atoms with Gasteiger partial charge >= 0.3 is 5.97 Å². The molecule has 0 rings (SSSR count). The van der Waals surface area contributed by atoms with Gasteiger partial charge < -0.3 is 20.3 Å². The fraction of sp³-hybridized carbons (Fsp3) is 0.750. The summed E-state index contributed by atoms with van der Waals surface area (Å²) in [6.45, 7) is 6.40. The van der Waals surface area contributed by atoms with E-state index in [0.717, 1.165) is 96.3 Å². The second-order valence-corrected chi connectivity index (χ2v) is 17.7. The highest BCUT2D eigenvalue weighted by atomic mass is 16.5. The van der Waals surface area contributed by atoms with Crippen molar-refractivity contribution in [2.45, 2.75) is 264 Å². The number of nitrogens with one attached hydrogen (secondary N) is 1. The average molecular weight is 866 g/mol. The largest absolute Gasteiger partial charge is 0.462 e. The van der Waals surface area contributed by atoms with Crippen molar-refractivity contribution in [3.8, 4) is 0 Å². The molecule has 358 valence electrons. The Hall–Kier alpha value is -2.70. The topological polar surface area (TPSA) is 95.9 Å². The van der Waals surface area contributed by atoms with Gasteiger partial charge in [0.05, 0.1) is 25.2 Å². The van der Waals surface area contributed by atoms with Crippen LogP contribution in [-0.2, 0) is 14.3 Å². The van der Waals surface area contributed by atoms with Crippen LogP contribution in [0.4, 0.5) is 0 Å². The Kier molecular flexibility index (Phi) is 47.2. The van der Waals surface area contributed by atoms with Crippen LogP contribution < -0.4 is 5.32 Å². The molecular weight excluding hydrogens is 767 g/mol. The van der Waals surface area contributed by atoms with Crippen LogP contribution in [0.1, 0.15) is 245 Å². The normalized spacial score (nSPS) is 13.8. The molecule has 1 amide bonds. The Bertz CT molecular complexity index is 1150. The van der Waals surface area contributed by atoms with Gasteiger partial charge in [-0.25, -0.2) is 0 Å². The van der Waals surface area contributed by atoms with Crippen molar-refractivity contribution in [1.82, 2.24) is 5.32 Å². The second kappa shape index (κ2) is 49.3. The lowest BCUT2D eigenvalue weighted by atomic mass is 10.0. The Balaban J connectivity index is 4.66. The fourth-order valence-corrected chi connectivity index (χ4v) is 7.59. The van der Waals surface area contributed by atoms with Crippen LogP contribution in [0, 0.1) is 0 Å². The van der Waals surface area contributed by atoms with Crippen molar-refractivity contribution >= 4 is 11.9 Å². The highest BCUT2D eigenvalue weighted by molar-refractivity contribution is 5.77. The molecule has 3 N–H and O–H groups in total. The lowest BCUT2D eigenvalue weighted by Crippen LogP contribution is -2.46. The number of carbonyl (C=O) groups excluding carboxylic acids is 2. The summed E-state index contributed by atoms with van der Waals surface area (Å²) in [6, 6.07) is -0.713. The smallest absolute Gasteiger partial charge is 0.306 e. The lowest BCUT2D eigenvalue weighted by molar-refractivity contribution is -0.151. The van der Waals surface area contributed by atoms with Gasteiger partial charge in [-0.3, -0.25) is 9.59 Å². The molecule has 0 spiro atoms. The van der Waals surface area contributed by atoms with Crippen LogP contribution in [0.25, 0.3) is 0 Å². The molecule has 0 aliphatic carbocycles. The Labute approximate surface area is 383 Å². The molecule has 0 fully saturated rings. The number of aliphatic hydroxyl groups excluding tert-OH is 2. The van der Waals surface area contributed by atoms with Gasteiger partial charge in [0.2, 0.25) is 5.91 Å². The van der Waals surface area contributed by atoms with Crippen molar-refractivity contribution in [2.75, 3.05) is 6.61 Å². The van der Waals surface area contributed by atoms with Crippen LogP contribution in [-0.4, -0.2) is 46.9 Å². The number of hydrogen-bond donors (Lipinski definition) is 3. The van der Waals surface area contributed by atoms with E-state index in [0.29, 0.717) is 19.3 Å². The SMILES string of the molecule is CCCCC/C=C\C/C=C\CCCCCCCC(CC(=O)NC(CO)C(O)CCCCCCCCCCCC)OC(=O)CCCCCCC/C=C/C=C/C=C/C=C/CCCCC. The van der Waals surface area contributed by atoms with Crippen molar-refractivity contribution < 1.29 is 24.5 Å². The number of rotatable bonds is 46. The zero-order valence-corrected chi connectivity index (χ0v) is 40.7. The molecule has 0 aromatic heterocycles. The fourth-order valence-electron chi connectivity index (χ4n) is 7.59. The second-order valence-electron chi connectivity index (χ2n) is 17.7. The number of carbonyl (C=O) groups is 2. The maximum atomic E-state index is 13.2. The molecule has 0 heterocycles. The molecule has 6 heteroatoms. The molecule has 3 unspecified atom stereocenters. The first kappa shape index (κ1) is 59.3. The molecule has 0 saturated heterocycles. The van der Waals surface area contributed by atoms with Gasteiger partial charge in [-0.15, -0.1) is 0 Å². The molecule has 0 aliphatic rings. The maximum absolute atomic E-state index is 13.2. The van der Waals surface area contributed by atoms with E-state index in [1.54, 1.807) is 0 Å². The average Bonchev–Trinajstić information content (AvgIpc) is 3.26. The van der Waals surface area contributed by atoms with Crippen molar-refractivity contribution in [2.24, 2.45) is 0 Å². The summed E-state index contributed by atoms with van der Waals surface area (Å²) in [4.78, 5) is 26.2. The summed E-state index contributed by atoms with van der Waals surface area (Å²) in [5.41, 5.74) is 0. The Morgan fingerprint density at radius 2 is 0.887 bits per heavy atom. The third kappa shape index (κ3) is 43.9. The lowest BCUT2D eigenvalue weighted by Gasteiger charge is -2.24. The maximum Gasteiger partial charge on any atom is 0.306 e. The molecule has 0 aromatic carbocycles. The number of allylic oxidation sites excluding steroid dienone is 12. The van der Waals surface area contributed by atoms with Crippen LogP contribution in [0.15, 0.2) is 72.9 Å². The summed E-state index contributed by atoms with van der Waals surface area (Å²) in [6.07, 6.45) is 62.4. The molecule has 0 radical (unpaired) electrons. The minimum Gasteiger partial charge on any atom is -0.462 e. The molecular formula is C56H99NO5. The van der Waals surface area contributed by atoms with Gasteiger partial charge in [-0.05, 0) is 83.5 Å². The molecule has 3 atom stereocenters. The highest BCUT2D eigenvalue weighted by Crippen LogP contribution is 2.17. The van der Waals surface area contributed by atoms with E-state index in [4.69, 9.17) is 4.74 Å². The van der Waals surface area contributed by atoms with Crippen molar-refractivity contribution in [3.63, 3.8) is 0 Å². The molecule has 0 aromatic rings. The molecule has 0 aliphatic heterocycles. The number of esters is 1. The molecule has 62 heavy (non-hydrogen) atoms. The first-order valence-corrected chi connectivity index (χ1v) is 26.2. The highest BCUT2D eigenvalue weighted by Gasteiger charge is 2.24. The van der Waals surface area contributed by atoms with Crippen LogP contribution in [0.3, 0.4) is 0 Å². The van der Waals surface area contributed by atoms with Gasteiger partial charge in [0.1, 0.15) is 6.10 Å². The van der Waals surface area contributed by atoms with Crippen LogP contribution in [0.2, 0.25) is 0 Å². The molecule has 6 nitrogen and oxygen atoms in total. The number of unbranched alkanes of at least 4 members (excludes halogenated alkanes) is 25. The van der Waals surface area contributed by atoms with E-state index >= 15 is 0 Å². The molecule has 0 bridgehead atoms. The van der Waals surface area contributed by atoms with Crippen molar-refractivity contribution in [1.29, 1.82) is 0 Å². The number of amides is 1. The standard InChI is InChI=1S/C56H99NO5/c1-4-7-10-13-16-19-22-24-26-27-28-30-32-34-37-40-43-46-49-56(61)62-52(47-44-41-38-35-33-31-29-25-23-20-17-14-11-8-5-2)50-55(60)57-53(51-58)54(59)48-45-42-39-36-21-18-15-12-9-6-3/h16-17,19-20,22,24-30,52-54,58-59H,4-15,18,21,23,31-51H2,1-3H3,(H,57,60)/b19-16+,20-17-,24-22+,27-26+,29-25-,30-28+. The Morgan fingerprint density at radius 1 is 0.484 bits per heavy atom. The summed E-state index contributed by atoms with van der Waals surface area (Å²) in [5, 5.41) is 23.7. The van der Waals surface area contributed by atoms with E-state index in [9.17, 15) is 19.8 Å². The first-order chi connectivity index (χ1) is 30.5. The summed E-state index contributed by atoms with van der Waals surface area (Å²) >= 11 is 0. The van der Waals surface area contributed by atoms with E-state index in [1.807, 2.05) is 0 Å². The van der Waals surface area contributed by atoms with Gasteiger partial charge in [-0.2, -0.15) is 0 Å². The minimum absolute atomic E-state index is 0.0558. The molecule has 0 saturated carbocycles. The zero-order valence-electron chi connectivity index (χ0n) is 40.7. The quantitative estimate of drug-likeness (QED) is 0.0245. The van der Waals surface area contributed by atoms with E-state index < -0.39 is 18.2 Å². The zero-order chi connectivity index (χ0) is 45.2. The van der Waals surface area contributed by atoms with Gasteiger partial charge in [0.15, 0.2) is 0 Å². The van der Waals surface area contributed by atoms with Crippen molar-refractivity contribution in [3.05, 3.63) is 72.9 Å². The van der Waals surface area contributed by atoms with Gasteiger partial charge in [0, 0.05) is 6.42 Å². The van der Waals surface area contributed by atoms with Gasteiger partial charge in [0.25, 0.3) is 0 Å². The van der Waals surface area contributed by atoms with Gasteiger partial charge in [-0.1, -0.05) is 222 Å². The minimum atomic E-state index is -0.798. The summed E-state index contributed by atoms with van der Waals surface area (Å²) in [5.74, 6) is -0.515. The predicted molar refractivity (Wildman–Crippen MR) is 268 cm³/mol. The monoisotopic (exact) mass is 866 g/mol.